The standard InChI is InChI=1S/C16H14N2O2S/c1-10-4-2-5-11-8-12(15(19)18-14(10)11)9-17-16(20)13-6-3-7-21-13/h2-8H,9H2,1H3,(H,17,20)(H,18,19). The molecule has 0 radical (unpaired) electrons. The highest BCUT2D eigenvalue weighted by Gasteiger charge is 2.08. The number of amides is 1. The van der Waals surface area contributed by atoms with Gasteiger partial charge in [-0.2, -0.15) is 0 Å². The van der Waals surface area contributed by atoms with Gasteiger partial charge in [0.15, 0.2) is 0 Å². The molecule has 0 saturated heterocycles. The second-order valence-electron chi connectivity index (χ2n) is 4.82. The van der Waals surface area contributed by atoms with Crippen molar-refractivity contribution in [1.82, 2.24) is 10.3 Å². The van der Waals surface area contributed by atoms with Gasteiger partial charge < -0.3 is 10.3 Å². The fourth-order valence-electron chi connectivity index (χ4n) is 2.23. The maximum Gasteiger partial charge on any atom is 0.261 e. The minimum Gasteiger partial charge on any atom is -0.347 e. The van der Waals surface area contributed by atoms with Crippen molar-refractivity contribution in [2.75, 3.05) is 0 Å². The summed E-state index contributed by atoms with van der Waals surface area (Å²) in [6.07, 6.45) is 0. The van der Waals surface area contributed by atoms with Gasteiger partial charge in [-0.05, 0) is 35.4 Å². The van der Waals surface area contributed by atoms with E-state index in [0.29, 0.717) is 10.4 Å². The molecule has 0 bridgehead atoms. The molecule has 2 heterocycles. The molecule has 1 aromatic carbocycles. The number of benzene rings is 1. The number of aromatic amines is 1. The van der Waals surface area contributed by atoms with Crippen LogP contribution in [0.15, 0.2) is 46.6 Å². The highest BCUT2D eigenvalue weighted by Crippen LogP contribution is 2.15. The number of aryl methyl sites for hydroxylation is 1. The molecule has 0 aliphatic heterocycles. The minimum atomic E-state index is -0.164. The smallest absolute Gasteiger partial charge is 0.261 e. The molecule has 0 aliphatic carbocycles. The third-order valence-corrected chi connectivity index (χ3v) is 4.22. The fourth-order valence-corrected chi connectivity index (χ4v) is 2.87. The summed E-state index contributed by atoms with van der Waals surface area (Å²) < 4.78 is 0. The Bertz CT molecular complexity index is 850. The summed E-state index contributed by atoms with van der Waals surface area (Å²) in [5.41, 5.74) is 2.26. The predicted octanol–water partition coefficient (Wildman–Crippen LogP) is 2.83. The van der Waals surface area contributed by atoms with Gasteiger partial charge >= 0.3 is 0 Å². The van der Waals surface area contributed by atoms with Gasteiger partial charge in [-0.1, -0.05) is 24.3 Å². The van der Waals surface area contributed by atoms with Crippen molar-refractivity contribution in [3.05, 3.63) is 68.1 Å². The van der Waals surface area contributed by atoms with E-state index in [1.165, 1.54) is 11.3 Å². The number of hydrogen-bond acceptors (Lipinski definition) is 3. The SMILES string of the molecule is Cc1cccc2cc(CNC(=O)c3cccs3)c(=O)[nH]c12. The number of pyridine rings is 1. The minimum absolute atomic E-state index is 0.159. The summed E-state index contributed by atoms with van der Waals surface area (Å²) in [5, 5.41) is 5.59. The molecule has 106 valence electrons. The molecule has 3 aromatic rings. The number of nitrogens with one attached hydrogen (secondary N) is 2. The monoisotopic (exact) mass is 298 g/mol. The van der Waals surface area contributed by atoms with Crippen LogP contribution in [0.3, 0.4) is 0 Å². The van der Waals surface area contributed by atoms with Gasteiger partial charge in [0.05, 0.1) is 10.4 Å². The van der Waals surface area contributed by atoms with Gasteiger partial charge in [0, 0.05) is 12.1 Å². The average Bonchev–Trinajstić information content (AvgIpc) is 3.00. The van der Waals surface area contributed by atoms with Crippen molar-refractivity contribution in [1.29, 1.82) is 0 Å². The Morgan fingerprint density at radius 3 is 2.90 bits per heavy atom. The second kappa shape index (κ2) is 5.54. The first-order valence-electron chi connectivity index (χ1n) is 6.58. The molecule has 1 amide bonds. The number of H-pyrrole nitrogens is 1. The number of fused-ring (bicyclic) bond motifs is 1. The number of para-hydroxylation sites is 1. The van der Waals surface area contributed by atoms with Crippen LogP contribution in [0.2, 0.25) is 0 Å². The second-order valence-corrected chi connectivity index (χ2v) is 5.77. The fraction of sp³-hybridized carbons (Fsp3) is 0.125. The van der Waals surface area contributed by atoms with Gasteiger partial charge in [0.1, 0.15) is 0 Å². The first-order chi connectivity index (χ1) is 10.1. The number of carbonyl (C=O) groups excluding carboxylic acids is 1. The van der Waals surface area contributed by atoms with E-state index in [1.807, 2.05) is 42.6 Å². The van der Waals surface area contributed by atoms with Crippen LogP contribution in [0.1, 0.15) is 20.8 Å². The molecular weight excluding hydrogens is 284 g/mol. The van der Waals surface area contributed by atoms with Crippen molar-refractivity contribution in [2.45, 2.75) is 13.5 Å². The molecule has 0 spiro atoms. The molecular formula is C16H14N2O2S. The van der Waals surface area contributed by atoms with E-state index in [9.17, 15) is 9.59 Å². The average molecular weight is 298 g/mol. The largest absolute Gasteiger partial charge is 0.347 e. The molecule has 0 saturated carbocycles. The zero-order valence-corrected chi connectivity index (χ0v) is 12.3. The highest BCUT2D eigenvalue weighted by molar-refractivity contribution is 7.12. The Kier molecular flexibility index (Phi) is 3.58. The molecule has 0 fully saturated rings. The number of aromatic nitrogens is 1. The summed E-state index contributed by atoms with van der Waals surface area (Å²) in [6.45, 7) is 2.17. The third-order valence-electron chi connectivity index (χ3n) is 3.35. The highest BCUT2D eigenvalue weighted by atomic mass is 32.1. The molecule has 21 heavy (non-hydrogen) atoms. The summed E-state index contributed by atoms with van der Waals surface area (Å²) in [7, 11) is 0. The molecule has 2 N–H and O–H groups in total. The van der Waals surface area contributed by atoms with E-state index in [4.69, 9.17) is 0 Å². The van der Waals surface area contributed by atoms with Gasteiger partial charge in [-0.15, -0.1) is 11.3 Å². The molecule has 0 aliphatic rings. The van der Waals surface area contributed by atoms with Gasteiger partial charge in [-0.3, -0.25) is 9.59 Å². The lowest BCUT2D eigenvalue weighted by molar-refractivity contribution is 0.0955. The Hall–Kier alpha value is -2.40. The molecule has 5 heteroatoms. The van der Waals surface area contributed by atoms with Crippen LogP contribution in [0.4, 0.5) is 0 Å². The lowest BCUT2D eigenvalue weighted by Crippen LogP contribution is -2.26. The Labute approximate surface area is 125 Å². The van der Waals surface area contributed by atoms with Crippen molar-refractivity contribution in [3.8, 4) is 0 Å². The van der Waals surface area contributed by atoms with Crippen LogP contribution in [0.25, 0.3) is 10.9 Å². The normalized spacial score (nSPS) is 10.7. The lowest BCUT2D eigenvalue weighted by Gasteiger charge is -2.06. The number of rotatable bonds is 3. The van der Waals surface area contributed by atoms with Crippen molar-refractivity contribution in [3.63, 3.8) is 0 Å². The summed E-state index contributed by atoms with van der Waals surface area (Å²) in [4.78, 5) is 27.5. The number of carbonyl (C=O) groups is 1. The molecule has 0 unspecified atom stereocenters. The summed E-state index contributed by atoms with van der Waals surface area (Å²) in [6, 6.07) is 11.3. The maximum absolute atomic E-state index is 12.1. The Morgan fingerprint density at radius 1 is 1.29 bits per heavy atom. The van der Waals surface area contributed by atoms with Gasteiger partial charge in [-0.25, -0.2) is 0 Å². The lowest BCUT2D eigenvalue weighted by atomic mass is 10.1. The number of thiophene rings is 1. The maximum atomic E-state index is 12.1. The van der Waals surface area contributed by atoms with Crippen molar-refractivity contribution < 1.29 is 4.79 Å². The molecule has 3 rings (SSSR count). The van der Waals surface area contributed by atoms with E-state index >= 15 is 0 Å². The third kappa shape index (κ3) is 2.73. The molecule has 4 nitrogen and oxygen atoms in total. The zero-order chi connectivity index (χ0) is 14.8. The van der Waals surface area contributed by atoms with Crippen molar-refractivity contribution >= 4 is 28.1 Å². The van der Waals surface area contributed by atoms with E-state index < -0.39 is 0 Å². The van der Waals surface area contributed by atoms with Crippen LogP contribution < -0.4 is 10.9 Å². The van der Waals surface area contributed by atoms with Gasteiger partial charge in [0.2, 0.25) is 0 Å². The first-order valence-corrected chi connectivity index (χ1v) is 7.46. The van der Waals surface area contributed by atoms with Crippen LogP contribution in [-0.4, -0.2) is 10.9 Å². The topological polar surface area (TPSA) is 62.0 Å². The van der Waals surface area contributed by atoms with Crippen LogP contribution >= 0.6 is 11.3 Å². The summed E-state index contributed by atoms with van der Waals surface area (Å²) >= 11 is 1.38. The quantitative estimate of drug-likeness (QED) is 0.781. The first kappa shape index (κ1) is 13.6. The number of hydrogen-bond donors (Lipinski definition) is 2. The van der Waals surface area contributed by atoms with E-state index in [-0.39, 0.29) is 18.0 Å². The van der Waals surface area contributed by atoms with E-state index in [1.54, 1.807) is 6.07 Å². The van der Waals surface area contributed by atoms with Crippen molar-refractivity contribution in [2.24, 2.45) is 0 Å². The Balaban J connectivity index is 1.86. The molecule has 2 aromatic heterocycles. The molecule has 0 atom stereocenters. The van der Waals surface area contributed by atoms with E-state index in [2.05, 4.69) is 10.3 Å². The van der Waals surface area contributed by atoms with E-state index in [0.717, 1.165) is 16.5 Å². The van der Waals surface area contributed by atoms with Crippen LogP contribution in [-0.2, 0) is 6.54 Å². The van der Waals surface area contributed by atoms with Crippen LogP contribution in [0.5, 0.6) is 0 Å². The van der Waals surface area contributed by atoms with Crippen LogP contribution in [0, 0.1) is 6.92 Å². The zero-order valence-electron chi connectivity index (χ0n) is 11.5. The Morgan fingerprint density at radius 2 is 2.14 bits per heavy atom. The van der Waals surface area contributed by atoms with Gasteiger partial charge in [0.25, 0.3) is 11.5 Å². The predicted molar refractivity (Wildman–Crippen MR) is 84.8 cm³/mol. The summed E-state index contributed by atoms with van der Waals surface area (Å²) in [5.74, 6) is -0.159.